The van der Waals surface area contributed by atoms with Crippen molar-refractivity contribution in [2.24, 2.45) is 0 Å². The number of rotatable bonds is 8. The largest absolute Gasteiger partial charge is 0.465 e. The first-order valence-electron chi connectivity index (χ1n) is 6.17. The topological polar surface area (TPSA) is 29.5 Å². The molecule has 0 aliphatic rings. The Bertz CT molecular complexity index is 343. The van der Waals surface area contributed by atoms with E-state index in [1.54, 1.807) is 11.8 Å². The van der Waals surface area contributed by atoms with E-state index in [9.17, 15) is 4.79 Å². The number of nitrogens with zero attached hydrogens (tertiary/aromatic N) is 1. The minimum Gasteiger partial charge on any atom is -0.465 e. The maximum absolute atomic E-state index is 11.5. The first kappa shape index (κ1) is 15.1. The van der Waals surface area contributed by atoms with Crippen molar-refractivity contribution in [3.63, 3.8) is 0 Å². The van der Waals surface area contributed by atoms with Gasteiger partial charge >= 0.3 is 5.97 Å². The molecule has 3 nitrogen and oxygen atoms in total. The van der Waals surface area contributed by atoms with Crippen LogP contribution in [0.1, 0.15) is 12.5 Å². The third kappa shape index (κ3) is 6.07. The van der Waals surface area contributed by atoms with E-state index in [1.165, 1.54) is 5.56 Å². The van der Waals surface area contributed by atoms with Crippen LogP contribution >= 0.6 is 11.8 Å². The molecular formula is C14H21NO2S. The maximum atomic E-state index is 11.5. The molecule has 0 bridgehead atoms. The lowest BCUT2D eigenvalue weighted by molar-refractivity contribution is -0.144. The highest BCUT2D eigenvalue weighted by Crippen LogP contribution is 2.06. The Balaban J connectivity index is 2.52. The third-order valence-corrected chi connectivity index (χ3v) is 3.11. The Morgan fingerprint density at radius 3 is 2.67 bits per heavy atom. The summed E-state index contributed by atoms with van der Waals surface area (Å²) < 4.78 is 5.00. The minimum absolute atomic E-state index is 0.144. The van der Waals surface area contributed by atoms with Crippen molar-refractivity contribution in [3.8, 4) is 0 Å². The van der Waals surface area contributed by atoms with E-state index in [1.807, 2.05) is 25.1 Å². The van der Waals surface area contributed by atoms with Gasteiger partial charge in [-0.1, -0.05) is 30.3 Å². The van der Waals surface area contributed by atoms with E-state index in [-0.39, 0.29) is 5.97 Å². The van der Waals surface area contributed by atoms with Crippen LogP contribution in [0.25, 0.3) is 0 Å². The highest BCUT2D eigenvalue weighted by Gasteiger charge is 2.11. The first-order valence-corrected chi connectivity index (χ1v) is 7.56. The summed E-state index contributed by atoms with van der Waals surface area (Å²) in [6.07, 6.45) is 2.07. The standard InChI is InChI=1S/C14H21NO2S/c1-3-17-14(16)12-15(9-10-18-2)11-13-7-5-4-6-8-13/h4-8H,3,9-12H2,1-2H3. The Morgan fingerprint density at radius 1 is 1.33 bits per heavy atom. The van der Waals surface area contributed by atoms with Crippen LogP contribution < -0.4 is 0 Å². The van der Waals surface area contributed by atoms with E-state index in [0.717, 1.165) is 18.8 Å². The molecule has 1 aromatic carbocycles. The molecule has 1 rings (SSSR count). The molecule has 0 fully saturated rings. The van der Waals surface area contributed by atoms with Gasteiger partial charge in [0.05, 0.1) is 13.2 Å². The number of hydrogen-bond donors (Lipinski definition) is 0. The molecule has 0 saturated heterocycles. The lowest BCUT2D eigenvalue weighted by Crippen LogP contribution is -2.32. The maximum Gasteiger partial charge on any atom is 0.320 e. The lowest BCUT2D eigenvalue weighted by Gasteiger charge is -2.20. The van der Waals surface area contributed by atoms with Gasteiger partial charge in [0.2, 0.25) is 0 Å². The summed E-state index contributed by atoms with van der Waals surface area (Å²) in [6, 6.07) is 10.2. The molecule has 0 N–H and O–H groups in total. The highest BCUT2D eigenvalue weighted by atomic mass is 32.2. The molecule has 100 valence electrons. The summed E-state index contributed by atoms with van der Waals surface area (Å²) in [7, 11) is 0. The normalized spacial score (nSPS) is 10.6. The fourth-order valence-corrected chi connectivity index (χ4v) is 2.11. The number of benzene rings is 1. The van der Waals surface area contributed by atoms with E-state index in [2.05, 4.69) is 23.3 Å². The predicted octanol–water partition coefficient (Wildman–Crippen LogP) is 2.41. The average molecular weight is 267 g/mol. The van der Waals surface area contributed by atoms with E-state index in [0.29, 0.717) is 13.2 Å². The van der Waals surface area contributed by atoms with Gasteiger partial charge < -0.3 is 4.74 Å². The Hall–Kier alpha value is -1.00. The van der Waals surface area contributed by atoms with Gasteiger partial charge in [-0.25, -0.2) is 0 Å². The van der Waals surface area contributed by atoms with Gasteiger partial charge in [-0.2, -0.15) is 11.8 Å². The van der Waals surface area contributed by atoms with Crippen LogP contribution in [0.2, 0.25) is 0 Å². The molecule has 18 heavy (non-hydrogen) atoms. The zero-order chi connectivity index (χ0) is 13.2. The molecule has 0 amide bonds. The van der Waals surface area contributed by atoms with E-state index >= 15 is 0 Å². The second-order valence-corrected chi connectivity index (χ2v) is 4.98. The Kier molecular flexibility index (Phi) is 7.53. The molecule has 0 radical (unpaired) electrons. The monoisotopic (exact) mass is 267 g/mol. The molecule has 0 saturated carbocycles. The van der Waals surface area contributed by atoms with Crippen LogP contribution in [-0.2, 0) is 16.1 Å². The fourth-order valence-electron chi connectivity index (χ4n) is 1.67. The number of hydrogen-bond acceptors (Lipinski definition) is 4. The third-order valence-electron chi connectivity index (χ3n) is 2.52. The second-order valence-electron chi connectivity index (χ2n) is 3.99. The molecule has 0 spiro atoms. The van der Waals surface area contributed by atoms with Gasteiger partial charge in [0.1, 0.15) is 0 Å². The molecule has 0 aliphatic heterocycles. The average Bonchev–Trinajstić information content (AvgIpc) is 2.37. The number of esters is 1. The quantitative estimate of drug-likeness (QED) is 0.677. The van der Waals surface area contributed by atoms with Gasteiger partial charge in [0, 0.05) is 18.8 Å². The molecule has 0 aromatic heterocycles. The smallest absolute Gasteiger partial charge is 0.320 e. The van der Waals surface area contributed by atoms with Crippen LogP contribution in [0, 0.1) is 0 Å². The summed E-state index contributed by atoms with van der Waals surface area (Å²) in [5.41, 5.74) is 1.22. The summed E-state index contributed by atoms with van der Waals surface area (Å²) in [6.45, 7) is 4.33. The van der Waals surface area contributed by atoms with E-state index < -0.39 is 0 Å². The van der Waals surface area contributed by atoms with Crippen LogP contribution in [0.3, 0.4) is 0 Å². The lowest BCUT2D eigenvalue weighted by atomic mass is 10.2. The molecule has 0 unspecified atom stereocenters. The van der Waals surface area contributed by atoms with Crippen molar-refractivity contribution < 1.29 is 9.53 Å². The van der Waals surface area contributed by atoms with Gasteiger partial charge in [0.15, 0.2) is 0 Å². The Morgan fingerprint density at radius 2 is 2.06 bits per heavy atom. The first-order chi connectivity index (χ1) is 8.76. The van der Waals surface area contributed by atoms with Crippen LogP contribution in [0.15, 0.2) is 30.3 Å². The van der Waals surface area contributed by atoms with Crippen molar-refractivity contribution >= 4 is 17.7 Å². The van der Waals surface area contributed by atoms with Gasteiger partial charge in [-0.05, 0) is 18.7 Å². The molecule has 0 aliphatic carbocycles. The second kappa shape index (κ2) is 9.00. The summed E-state index contributed by atoms with van der Waals surface area (Å²) in [4.78, 5) is 13.7. The molecule has 4 heteroatoms. The molecule has 1 aromatic rings. The summed E-state index contributed by atoms with van der Waals surface area (Å²) >= 11 is 1.79. The zero-order valence-electron chi connectivity index (χ0n) is 11.1. The van der Waals surface area contributed by atoms with Gasteiger partial charge in [0.25, 0.3) is 0 Å². The molecule has 0 atom stereocenters. The molecular weight excluding hydrogens is 246 g/mol. The van der Waals surface area contributed by atoms with Crippen LogP contribution in [0.5, 0.6) is 0 Å². The SMILES string of the molecule is CCOC(=O)CN(CCSC)Cc1ccccc1. The van der Waals surface area contributed by atoms with Gasteiger partial charge in [-0.15, -0.1) is 0 Å². The Labute approximate surface area is 114 Å². The van der Waals surface area contributed by atoms with Gasteiger partial charge in [-0.3, -0.25) is 9.69 Å². The van der Waals surface area contributed by atoms with Crippen LogP contribution in [-0.4, -0.2) is 42.6 Å². The van der Waals surface area contributed by atoms with E-state index in [4.69, 9.17) is 4.74 Å². The number of ether oxygens (including phenoxy) is 1. The fraction of sp³-hybridized carbons (Fsp3) is 0.500. The van der Waals surface area contributed by atoms with Crippen LogP contribution in [0.4, 0.5) is 0 Å². The molecule has 0 heterocycles. The minimum atomic E-state index is -0.144. The van der Waals surface area contributed by atoms with Crippen molar-refractivity contribution in [1.29, 1.82) is 0 Å². The van der Waals surface area contributed by atoms with Crippen molar-refractivity contribution in [3.05, 3.63) is 35.9 Å². The van der Waals surface area contributed by atoms with Crippen molar-refractivity contribution in [1.82, 2.24) is 4.90 Å². The highest BCUT2D eigenvalue weighted by molar-refractivity contribution is 7.98. The summed E-state index contributed by atoms with van der Waals surface area (Å²) in [5.74, 6) is 0.876. The van der Waals surface area contributed by atoms with Crippen molar-refractivity contribution in [2.75, 3.05) is 31.7 Å². The predicted molar refractivity (Wildman–Crippen MR) is 76.7 cm³/mol. The summed E-state index contributed by atoms with van der Waals surface area (Å²) in [5, 5.41) is 0. The zero-order valence-corrected chi connectivity index (χ0v) is 11.9. The number of carbonyl (C=O) groups is 1. The van der Waals surface area contributed by atoms with Crippen molar-refractivity contribution in [2.45, 2.75) is 13.5 Å². The number of carbonyl (C=O) groups excluding carboxylic acids is 1. The number of thioether (sulfide) groups is 1.